The average Bonchev–Trinajstić information content (AvgIpc) is 3.77. The highest BCUT2D eigenvalue weighted by Gasteiger charge is 2.45. The average molecular weight is 557 g/mol. The van der Waals surface area contributed by atoms with Crippen LogP contribution in [0.2, 0.25) is 0 Å². The van der Waals surface area contributed by atoms with E-state index < -0.39 is 24.4 Å². The summed E-state index contributed by atoms with van der Waals surface area (Å²) in [5.41, 5.74) is 9.49. The van der Waals surface area contributed by atoms with Crippen LogP contribution >= 0.6 is 0 Å². The Morgan fingerprint density at radius 1 is 1.10 bits per heavy atom. The number of aliphatic hydroxyl groups is 2. The highest BCUT2D eigenvalue weighted by molar-refractivity contribution is 5.87. The molecule has 12 heteroatoms. The van der Waals surface area contributed by atoms with Crippen LogP contribution in [0.3, 0.4) is 0 Å². The first kappa shape index (κ1) is 25.7. The minimum atomic E-state index is -1.21. The van der Waals surface area contributed by atoms with Crippen LogP contribution in [0.15, 0.2) is 55.0 Å². The Labute approximate surface area is 235 Å². The van der Waals surface area contributed by atoms with Gasteiger partial charge in [-0.3, -0.25) is 4.68 Å². The number of nitrogens with two attached hydrogens (primary N) is 1. The number of hydrogen-bond acceptors (Lipinski definition) is 10. The Morgan fingerprint density at radius 2 is 1.93 bits per heavy atom. The second kappa shape index (κ2) is 10.3. The van der Waals surface area contributed by atoms with Gasteiger partial charge in [-0.1, -0.05) is 12.8 Å². The molecule has 1 saturated heterocycles. The van der Waals surface area contributed by atoms with E-state index in [9.17, 15) is 10.2 Å². The van der Waals surface area contributed by atoms with E-state index in [-0.39, 0.29) is 12.4 Å². The predicted octanol–water partition coefficient (Wildman–Crippen LogP) is 2.86. The second-order valence-corrected chi connectivity index (χ2v) is 10.8. The standard InChI is InChI=1S/C29H32N8O4/c1-36-11-10-20(35-36)19-13-22(37-25(19)29(30)31-15-32-37)28-27(39)26(38)23(41-28)14-40-18-8-6-16-7-9-24(34-21(16)12-18)33-17-4-2-3-5-17/h6-13,15,17,23,26-28,38-39H,2-5,14H2,1H3,(H,33,34)(H2,30,31,32)/t23-,26-,27-,28+/m1/s1. The Balaban J connectivity index is 1.10. The van der Waals surface area contributed by atoms with E-state index in [2.05, 4.69) is 20.5 Å². The number of anilines is 2. The lowest BCUT2D eigenvalue weighted by Gasteiger charge is -2.16. The van der Waals surface area contributed by atoms with Crippen molar-refractivity contribution in [3.63, 3.8) is 0 Å². The van der Waals surface area contributed by atoms with Gasteiger partial charge < -0.3 is 30.7 Å². The van der Waals surface area contributed by atoms with Gasteiger partial charge in [0, 0.05) is 36.3 Å². The summed E-state index contributed by atoms with van der Waals surface area (Å²) in [6.45, 7) is 0.0355. The zero-order valence-electron chi connectivity index (χ0n) is 22.6. The van der Waals surface area contributed by atoms with Crippen molar-refractivity contribution < 1.29 is 19.7 Å². The van der Waals surface area contributed by atoms with Crippen molar-refractivity contribution in [3.05, 3.63) is 60.7 Å². The summed E-state index contributed by atoms with van der Waals surface area (Å²) in [6, 6.07) is 13.9. The molecule has 5 aromatic rings. The Bertz CT molecular complexity index is 1710. The summed E-state index contributed by atoms with van der Waals surface area (Å²) >= 11 is 0. The van der Waals surface area contributed by atoms with Crippen molar-refractivity contribution in [2.45, 2.75) is 56.1 Å². The van der Waals surface area contributed by atoms with Gasteiger partial charge in [0.15, 0.2) is 5.82 Å². The van der Waals surface area contributed by atoms with Crippen LogP contribution in [0.1, 0.15) is 37.5 Å². The van der Waals surface area contributed by atoms with Crippen molar-refractivity contribution >= 4 is 28.1 Å². The summed E-state index contributed by atoms with van der Waals surface area (Å²) < 4.78 is 15.5. The molecule has 0 amide bonds. The number of aliphatic hydroxyl groups excluding tert-OH is 2. The third kappa shape index (κ3) is 4.73. The smallest absolute Gasteiger partial charge is 0.152 e. The van der Waals surface area contributed by atoms with Crippen LogP contribution in [-0.4, -0.2) is 70.5 Å². The number of nitrogens with one attached hydrogen (secondary N) is 1. The van der Waals surface area contributed by atoms with E-state index in [0.29, 0.717) is 34.3 Å². The number of aromatic nitrogens is 6. The van der Waals surface area contributed by atoms with E-state index in [0.717, 1.165) is 16.7 Å². The van der Waals surface area contributed by atoms with Crippen molar-refractivity contribution in [3.8, 4) is 17.0 Å². The molecule has 2 fully saturated rings. The molecule has 4 aromatic heterocycles. The normalized spacial score (nSPS) is 23.1. The van der Waals surface area contributed by atoms with Gasteiger partial charge in [-0.25, -0.2) is 14.5 Å². The van der Waals surface area contributed by atoms with E-state index in [1.54, 1.807) is 9.20 Å². The van der Waals surface area contributed by atoms with Crippen LogP contribution in [0.5, 0.6) is 5.75 Å². The van der Waals surface area contributed by atoms with Gasteiger partial charge in [-0.05, 0) is 49.2 Å². The summed E-state index contributed by atoms with van der Waals surface area (Å²) in [5.74, 6) is 1.73. The third-order valence-electron chi connectivity index (χ3n) is 8.04. The lowest BCUT2D eigenvalue weighted by atomic mass is 10.1. The maximum absolute atomic E-state index is 11.0. The van der Waals surface area contributed by atoms with Crippen LogP contribution in [0, 0.1) is 0 Å². The van der Waals surface area contributed by atoms with Crippen LogP contribution in [0.25, 0.3) is 27.7 Å². The molecule has 12 nitrogen and oxygen atoms in total. The lowest BCUT2D eigenvalue weighted by Crippen LogP contribution is -2.34. The Hall–Kier alpha value is -4.26. The molecule has 1 aliphatic heterocycles. The highest BCUT2D eigenvalue weighted by atomic mass is 16.6. The number of nitrogen functional groups attached to an aromatic ring is 1. The number of benzene rings is 1. The maximum atomic E-state index is 11.0. The number of hydrogen-bond donors (Lipinski definition) is 4. The number of nitrogens with zero attached hydrogens (tertiary/aromatic N) is 6. The maximum Gasteiger partial charge on any atom is 0.152 e. The molecule has 41 heavy (non-hydrogen) atoms. The first-order chi connectivity index (χ1) is 19.9. The minimum Gasteiger partial charge on any atom is -0.491 e. The second-order valence-electron chi connectivity index (χ2n) is 10.8. The van der Waals surface area contributed by atoms with Crippen LogP contribution in [-0.2, 0) is 11.8 Å². The van der Waals surface area contributed by atoms with E-state index in [1.165, 1.54) is 32.0 Å². The fourth-order valence-corrected chi connectivity index (χ4v) is 5.90. The van der Waals surface area contributed by atoms with Gasteiger partial charge in [0.25, 0.3) is 0 Å². The Morgan fingerprint density at radius 3 is 2.73 bits per heavy atom. The number of pyridine rings is 1. The molecule has 5 heterocycles. The predicted molar refractivity (Wildman–Crippen MR) is 152 cm³/mol. The molecular weight excluding hydrogens is 524 g/mol. The SMILES string of the molecule is Cn1ccc(-c2cc([C@@H]3O[C@H](COc4ccc5ccc(NC6CCCC6)nc5c4)[C@@H](O)[C@H]3O)n3ncnc(N)c23)n1. The molecule has 1 aliphatic carbocycles. The topological polar surface area (TPSA) is 158 Å². The largest absolute Gasteiger partial charge is 0.491 e. The van der Waals surface area contributed by atoms with Gasteiger partial charge in [0.1, 0.15) is 54.4 Å². The molecule has 212 valence electrons. The molecule has 1 saturated carbocycles. The molecule has 0 radical (unpaired) electrons. The quantitative estimate of drug-likeness (QED) is 0.235. The molecule has 0 unspecified atom stereocenters. The molecule has 2 aliphatic rings. The Kier molecular flexibility index (Phi) is 6.45. The van der Waals surface area contributed by atoms with Gasteiger partial charge in [0.05, 0.1) is 16.9 Å². The zero-order valence-corrected chi connectivity index (χ0v) is 22.6. The van der Waals surface area contributed by atoms with Gasteiger partial charge in [-0.2, -0.15) is 10.2 Å². The molecule has 0 bridgehead atoms. The monoisotopic (exact) mass is 556 g/mol. The van der Waals surface area contributed by atoms with Crippen LogP contribution < -0.4 is 15.8 Å². The highest BCUT2D eigenvalue weighted by Crippen LogP contribution is 2.39. The first-order valence-electron chi connectivity index (χ1n) is 13.9. The molecule has 0 spiro atoms. The fraction of sp³-hybridized carbons (Fsp3) is 0.379. The molecular formula is C29H32N8O4. The van der Waals surface area contributed by atoms with E-state index in [4.69, 9.17) is 20.2 Å². The first-order valence-corrected chi connectivity index (χ1v) is 13.9. The lowest BCUT2D eigenvalue weighted by molar-refractivity contribution is -0.0187. The van der Waals surface area contributed by atoms with Crippen molar-refractivity contribution in [1.29, 1.82) is 0 Å². The summed E-state index contributed by atoms with van der Waals surface area (Å²) in [7, 11) is 1.82. The minimum absolute atomic E-state index is 0.0355. The van der Waals surface area contributed by atoms with Crippen LogP contribution in [0.4, 0.5) is 11.6 Å². The molecule has 5 N–H and O–H groups in total. The van der Waals surface area contributed by atoms with Gasteiger partial charge in [-0.15, -0.1) is 0 Å². The summed E-state index contributed by atoms with van der Waals surface area (Å²) in [4.78, 5) is 8.91. The van der Waals surface area contributed by atoms with Crippen molar-refractivity contribution in [2.75, 3.05) is 17.7 Å². The fourth-order valence-electron chi connectivity index (χ4n) is 5.90. The number of aryl methyl sites for hydroxylation is 1. The number of ether oxygens (including phenoxy) is 2. The number of rotatable bonds is 7. The molecule has 7 rings (SSSR count). The number of fused-ring (bicyclic) bond motifs is 2. The third-order valence-corrected chi connectivity index (χ3v) is 8.04. The van der Waals surface area contributed by atoms with Gasteiger partial charge >= 0.3 is 0 Å². The molecule has 4 atom stereocenters. The van der Waals surface area contributed by atoms with E-state index >= 15 is 0 Å². The van der Waals surface area contributed by atoms with Gasteiger partial charge in [0.2, 0.25) is 0 Å². The van der Waals surface area contributed by atoms with E-state index in [1.807, 2.05) is 55.7 Å². The zero-order chi connectivity index (χ0) is 28.1. The summed E-state index contributed by atoms with van der Waals surface area (Å²) in [5, 5.41) is 35.3. The van der Waals surface area contributed by atoms with Crippen molar-refractivity contribution in [1.82, 2.24) is 29.4 Å². The summed E-state index contributed by atoms with van der Waals surface area (Å²) in [6.07, 6.45) is 3.97. The van der Waals surface area contributed by atoms with Crippen molar-refractivity contribution in [2.24, 2.45) is 7.05 Å². The molecule has 1 aromatic carbocycles.